The molecule has 2 heterocycles. The third kappa shape index (κ3) is 3.93. The minimum absolute atomic E-state index is 0.0367. The number of hydrogen-bond donors (Lipinski definition) is 1. The van der Waals surface area contributed by atoms with Crippen LogP contribution in [0.25, 0.3) is 6.08 Å². The van der Waals surface area contributed by atoms with Crippen LogP contribution >= 0.6 is 23.8 Å². The highest BCUT2D eigenvalue weighted by Crippen LogP contribution is 2.43. The summed E-state index contributed by atoms with van der Waals surface area (Å²) < 4.78 is 0. The molecular weight excluding hydrogens is 442 g/mol. The molecule has 1 N–H and O–H groups in total. The Morgan fingerprint density at radius 2 is 1.97 bits per heavy atom. The molecule has 0 saturated carbocycles. The topological polar surface area (TPSA) is 52.7 Å². The lowest BCUT2D eigenvalue weighted by atomic mass is 9.79. The van der Waals surface area contributed by atoms with E-state index in [9.17, 15) is 9.59 Å². The van der Waals surface area contributed by atoms with Gasteiger partial charge in [-0.05, 0) is 92.9 Å². The molecule has 0 bridgehead atoms. The van der Waals surface area contributed by atoms with E-state index in [0.717, 1.165) is 18.5 Å². The highest BCUT2D eigenvalue weighted by Gasteiger charge is 2.36. The van der Waals surface area contributed by atoms with Crippen LogP contribution in [0.15, 0.2) is 48.0 Å². The van der Waals surface area contributed by atoms with E-state index < -0.39 is 11.8 Å². The fourth-order valence-corrected chi connectivity index (χ4v) is 5.34. The maximum Gasteiger partial charge on any atom is 0.270 e. The van der Waals surface area contributed by atoms with Crippen LogP contribution in [0.4, 0.5) is 11.4 Å². The maximum absolute atomic E-state index is 13.3. The molecule has 2 aromatic rings. The molecule has 0 aliphatic carbocycles. The van der Waals surface area contributed by atoms with Gasteiger partial charge in [-0.15, -0.1) is 0 Å². The van der Waals surface area contributed by atoms with E-state index in [1.165, 1.54) is 16.2 Å². The first kappa shape index (κ1) is 22.5. The molecule has 1 unspecified atom stereocenters. The number of halogens is 1. The van der Waals surface area contributed by atoms with Crippen molar-refractivity contribution in [3.8, 4) is 0 Å². The van der Waals surface area contributed by atoms with Gasteiger partial charge in [0, 0.05) is 22.8 Å². The van der Waals surface area contributed by atoms with Crippen LogP contribution in [-0.4, -0.2) is 29.0 Å². The zero-order valence-electron chi connectivity index (χ0n) is 18.6. The van der Waals surface area contributed by atoms with Crippen LogP contribution in [0.5, 0.6) is 0 Å². The van der Waals surface area contributed by atoms with Gasteiger partial charge in [0.1, 0.15) is 5.57 Å². The largest absolute Gasteiger partial charge is 0.366 e. The van der Waals surface area contributed by atoms with E-state index >= 15 is 0 Å². The Bertz CT molecular complexity index is 1160. The number of nitrogens with zero attached hydrogens (tertiary/aromatic N) is 2. The predicted octanol–water partition coefficient (Wildman–Crippen LogP) is 5.28. The van der Waals surface area contributed by atoms with Gasteiger partial charge in [-0.3, -0.25) is 19.8 Å². The Morgan fingerprint density at radius 3 is 2.66 bits per heavy atom. The number of carbonyl (C=O) groups is 2. The Balaban J connectivity index is 1.73. The van der Waals surface area contributed by atoms with Crippen molar-refractivity contribution in [1.82, 2.24) is 5.32 Å². The number of benzene rings is 2. The van der Waals surface area contributed by atoms with Gasteiger partial charge in [-0.1, -0.05) is 30.7 Å². The predicted molar refractivity (Wildman–Crippen MR) is 134 cm³/mol. The summed E-state index contributed by atoms with van der Waals surface area (Å²) in [6.45, 7) is 9.84. The summed E-state index contributed by atoms with van der Waals surface area (Å²) in [5.41, 5.74) is 3.87. The molecule has 5 nitrogen and oxygen atoms in total. The summed E-state index contributed by atoms with van der Waals surface area (Å²) in [5.74, 6) is -0.601. The number of amides is 2. The number of rotatable bonds is 3. The first-order valence-corrected chi connectivity index (χ1v) is 11.5. The van der Waals surface area contributed by atoms with Gasteiger partial charge in [-0.2, -0.15) is 0 Å². The van der Waals surface area contributed by atoms with Crippen LogP contribution in [0.3, 0.4) is 0 Å². The fraction of sp³-hybridized carbons (Fsp3) is 0.320. The molecule has 4 rings (SSSR count). The third-order valence-corrected chi connectivity index (χ3v) is 6.72. The summed E-state index contributed by atoms with van der Waals surface area (Å²) in [4.78, 5) is 29.6. The van der Waals surface area contributed by atoms with Gasteiger partial charge in [-0.25, -0.2) is 0 Å². The highest BCUT2D eigenvalue weighted by atomic mass is 35.5. The normalized spacial score (nSPS) is 21.6. The fourth-order valence-electron chi connectivity index (χ4n) is 4.87. The molecular formula is C25H26ClN3O2S. The van der Waals surface area contributed by atoms with Crippen molar-refractivity contribution in [3.63, 3.8) is 0 Å². The van der Waals surface area contributed by atoms with Gasteiger partial charge in [0.15, 0.2) is 5.11 Å². The van der Waals surface area contributed by atoms with Crippen molar-refractivity contribution in [2.24, 2.45) is 0 Å². The van der Waals surface area contributed by atoms with E-state index in [4.69, 9.17) is 23.8 Å². The average Bonchev–Trinajstić information content (AvgIpc) is 2.71. The van der Waals surface area contributed by atoms with Crippen molar-refractivity contribution >= 4 is 58.2 Å². The first-order valence-electron chi connectivity index (χ1n) is 10.7. The quantitative estimate of drug-likeness (QED) is 0.379. The molecule has 2 aliphatic heterocycles. The number of carbonyl (C=O) groups excluding carboxylic acids is 2. The van der Waals surface area contributed by atoms with Crippen LogP contribution in [0.1, 0.15) is 51.2 Å². The molecule has 0 radical (unpaired) electrons. The molecule has 1 fully saturated rings. The Morgan fingerprint density at radius 1 is 1.22 bits per heavy atom. The lowest BCUT2D eigenvalue weighted by Gasteiger charge is -2.47. The second-order valence-corrected chi connectivity index (χ2v) is 9.74. The van der Waals surface area contributed by atoms with Gasteiger partial charge >= 0.3 is 0 Å². The van der Waals surface area contributed by atoms with Crippen LogP contribution in [0.2, 0.25) is 5.02 Å². The molecule has 1 atom stereocenters. The first-order chi connectivity index (χ1) is 15.1. The smallest absolute Gasteiger partial charge is 0.270 e. The van der Waals surface area contributed by atoms with E-state index in [1.807, 2.05) is 6.07 Å². The van der Waals surface area contributed by atoms with Gasteiger partial charge in [0.2, 0.25) is 0 Å². The number of thiocarbonyl (C=S) groups is 1. The van der Waals surface area contributed by atoms with Gasteiger partial charge in [0.05, 0.1) is 5.69 Å². The second kappa shape index (κ2) is 8.34. The number of nitrogens with one attached hydrogen (secondary N) is 1. The number of fused-ring (bicyclic) bond motifs is 1. The van der Waals surface area contributed by atoms with Gasteiger partial charge < -0.3 is 4.90 Å². The van der Waals surface area contributed by atoms with Crippen LogP contribution in [-0.2, 0) is 9.59 Å². The average molecular weight is 468 g/mol. The lowest BCUT2D eigenvalue weighted by molar-refractivity contribution is -0.122. The van der Waals surface area contributed by atoms with Crippen molar-refractivity contribution in [3.05, 3.63) is 64.2 Å². The highest BCUT2D eigenvalue weighted by molar-refractivity contribution is 7.80. The minimum atomic E-state index is -0.500. The SMILES string of the molecule is CCN1c2ccc(/C=C3\C(=O)NC(=S)N(c4cccc(Cl)c4)C3=O)cc2C(C)CC1(C)C. The molecule has 2 amide bonds. The molecule has 0 spiro atoms. The van der Waals surface area contributed by atoms with Crippen LogP contribution < -0.4 is 15.1 Å². The van der Waals surface area contributed by atoms with Gasteiger partial charge in [0.25, 0.3) is 11.8 Å². The second-order valence-electron chi connectivity index (χ2n) is 8.92. The monoisotopic (exact) mass is 467 g/mol. The molecule has 2 aromatic carbocycles. The summed E-state index contributed by atoms with van der Waals surface area (Å²) >= 11 is 11.4. The molecule has 0 aromatic heterocycles. The summed E-state index contributed by atoms with van der Waals surface area (Å²) in [6, 6.07) is 13.0. The summed E-state index contributed by atoms with van der Waals surface area (Å²) in [7, 11) is 0. The zero-order valence-corrected chi connectivity index (χ0v) is 20.2. The molecule has 166 valence electrons. The number of hydrogen-bond acceptors (Lipinski definition) is 4. The van der Waals surface area contributed by atoms with E-state index in [-0.39, 0.29) is 16.2 Å². The lowest BCUT2D eigenvalue weighted by Crippen LogP contribution is -2.54. The molecule has 7 heteroatoms. The Labute approximate surface area is 199 Å². The summed E-state index contributed by atoms with van der Waals surface area (Å²) in [6.07, 6.45) is 2.67. The number of anilines is 2. The zero-order chi connectivity index (χ0) is 23.2. The van der Waals surface area contributed by atoms with E-state index in [0.29, 0.717) is 16.6 Å². The van der Waals surface area contributed by atoms with Crippen LogP contribution in [0, 0.1) is 0 Å². The molecule has 32 heavy (non-hydrogen) atoms. The van der Waals surface area contributed by atoms with Crippen molar-refractivity contribution in [2.45, 2.75) is 45.6 Å². The molecule has 1 saturated heterocycles. The molecule has 2 aliphatic rings. The standard InChI is InChI=1S/C25H26ClN3O2S/c1-5-28-21-10-9-16(11-19(21)15(2)14-25(28,3)4)12-20-22(30)27-24(32)29(23(20)31)18-8-6-7-17(26)13-18/h6-13,15H,5,14H2,1-4H3,(H,27,30,32)/b20-12+. The third-order valence-electron chi connectivity index (χ3n) is 6.21. The minimum Gasteiger partial charge on any atom is -0.366 e. The van der Waals surface area contributed by atoms with Crippen molar-refractivity contribution in [1.29, 1.82) is 0 Å². The summed E-state index contributed by atoms with van der Waals surface area (Å²) in [5, 5.41) is 3.14. The Kier molecular flexibility index (Phi) is 5.86. The van der Waals surface area contributed by atoms with Crippen molar-refractivity contribution in [2.75, 3.05) is 16.3 Å². The van der Waals surface area contributed by atoms with Crippen molar-refractivity contribution < 1.29 is 9.59 Å². The Hall–Kier alpha value is -2.70. The van der Waals surface area contributed by atoms with E-state index in [2.05, 4.69) is 50.0 Å². The maximum atomic E-state index is 13.3. The van der Waals surface area contributed by atoms with E-state index in [1.54, 1.807) is 30.3 Å².